The van der Waals surface area contributed by atoms with Crippen LogP contribution in [0.5, 0.6) is 0 Å². The normalized spacial score (nSPS) is 10.8. The maximum absolute atomic E-state index is 12.5. The summed E-state index contributed by atoms with van der Waals surface area (Å²) in [6.07, 6.45) is 7.36. The van der Waals surface area contributed by atoms with Crippen LogP contribution in [0.1, 0.15) is 21.2 Å². The van der Waals surface area contributed by atoms with Crippen LogP contribution >= 0.6 is 11.8 Å². The maximum atomic E-state index is 12.5. The summed E-state index contributed by atoms with van der Waals surface area (Å²) in [6, 6.07) is 15.4. The molecule has 0 aliphatic heterocycles. The molecule has 8 nitrogen and oxygen atoms in total. The SMILES string of the molecule is Cn1cc[n+](C)c1C(=O)Nc1ccc(Sc2ccc(NC(=O)c3n(C)cc[n+]3C)cc2)cc1. The Labute approximate surface area is 196 Å². The number of hydrogen-bond acceptors (Lipinski definition) is 3. The van der Waals surface area contributed by atoms with Crippen LogP contribution in [0, 0.1) is 0 Å². The molecular weight excluding hydrogens is 436 g/mol. The molecule has 33 heavy (non-hydrogen) atoms. The predicted molar refractivity (Wildman–Crippen MR) is 126 cm³/mol. The molecule has 2 amide bonds. The second-order valence-corrected chi connectivity index (χ2v) is 8.89. The Balaban J connectivity index is 1.36. The molecule has 0 saturated heterocycles. The lowest BCUT2D eigenvalue weighted by Crippen LogP contribution is -2.37. The molecule has 0 saturated carbocycles. The van der Waals surface area contributed by atoms with E-state index in [1.165, 1.54) is 0 Å². The van der Waals surface area contributed by atoms with Crippen molar-refractivity contribution in [1.29, 1.82) is 0 Å². The first-order valence-electron chi connectivity index (χ1n) is 10.3. The van der Waals surface area contributed by atoms with Crippen molar-refractivity contribution < 1.29 is 18.7 Å². The van der Waals surface area contributed by atoms with E-state index in [4.69, 9.17) is 0 Å². The molecule has 2 aromatic heterocycles. The number of aromatic nitrogens is 4. The topological polar surface area (TPSA) is 75.8 Å². The highest BCUT2D eigenvalue weighted by molar-refractivity contribution is 7.99. The number of imidazole rings is 2. The number of anilines is 2. The summed E-state index contributed by atoms with van der Waals surface area (Å²) in [4.78, 5) is 27.1. The minimum atomic E-state index is -0.160. The minimum absolute atomic E-state index is 0.160. The van der Waals surface area contributed by atoms with Gasteiger partial charge >= 0.3 is 23.5 Å². The molecule has 0 radical (unpaired) electrons. The Bertz CT molecular complexity index is 1170. The molecule has 0 bridgehead atoms. The van der Waals surface area contributed by atoms with E-state index in [0.29, 0.717) is 11.6 Å². The Morgan fingerprint density at radius 2 is 1.06 bits per heavy atom. The number of amides is 2. The molecule has 0 atom stereocenters. The van der Waals surface area contributed by atoms with Crippen molar-refractivity contribution >= 4 is 35.0 Å². The molecule has 9 heteroatoms. The lowest BCUT2D eigenvalue weighted by atomic mass is 10.3. The number of nitrogens with zero attached hydrogens (tertiary/aromatic N) is 4. The zero-order chi connectivity index (χ0) is 23.5. The molecule has 4 rings (SSSR count). The van der Waals surface area contributed by atoms with Crippen molar-refractivity contribution in [3.63, 3.8) is 0 Å². The maximum Gasteiger partial charge on any atom is 0.347 e. The van der Waals surface area contributed by atoms with E-state index in [2.05, 4.69) is 10.6 Å². The number of nitrogens with one attached hydrogen (secondary N) is 2. The van der Waals surface area contributed by atoms with Gasteiger partial charge in [-0.1, -0.05) is 11.8 Å². The van der Waals surface area contributed by atoms with Gasteiger partial charge in [0.25, 0.3) is 0 Å². The highest BCUT2D eigenvalue weighted by Gasteiger charge is 2.22. The van der Waals surface area contributed by atoms with Crippen molar-refractivity contribution in [2.75, 3.05) is 10.6 Å². The largest absolute Gasteiger partial charge is 0.347 e. The minimum Gasteiger partial charge on any atom is -0.315 e. The van der Waals surface area contributed by atoms with E-state index in [0.717, 1.165) is 21.2 Å². The van der Waals surface area contributed by atoms with Gasteiger partial charge in [0.15, 0.2) is 0 Å². The van der Waals surface area contributed by atoms with Crippen LogP contribution in [0.15, 0.2) is 83.1 Å². The van der Waals surface area contributed by atoms with Crippen LogP contribution in [0.4, 0.5) is 11.4 Å². The molecule has 2 aromatic carbocycles. The third-order valence-corrected chi connectivity index (χ3v) is 6.25. The molecule has 4 aromatic rings. The summed E-state index contributed by atoms with van der Waals surface area (Å²) >= 11 is 1.61. The first-order valence-corrected chi connectivity index (χ1v) is 11.2. The van der Waals surface area contributed by atoms with Gasteiger partial charge in [-0.2, -0.15) is 0 Å². The second-order valence-electron chi connectivity index (χ2n) is 7.75. The summed E-state index contributed by atoms with van der Waals surface area (Å²) in [5, 5.41) is 5.86. The number of hydrogen-bond donors (Lipinski definition) is 2. The van der Waals surface area contributed by atoms with Crippen LogP contribution in [0.2, 0.25) is 0 Å². The summed E-state index contributed by atoms with van der Waals surface area (Å²) in [7, 11) is 7.36. The average molecular weight is 463 g/mol. The third kappa shape index (κ3) is 4.98. The van der Waals surface area contributed by atoms with Gasteiger partial charge in [-0.3, -0.25) is 9.59 Å². The number of benzene rings is 2. The van der Waals surface area contributed by atoms with E-state index >= 15 is 0 Å². The molecular formula is C24H26N6O2S+2. The fourth-order valence-corrected chi connectivity index (χ4v) is 4.36. The molecule has 2 heterocycles. The van der Waals surface area contributed by atoms with E-state index in [9.17, 15) is 9.59 Å². The van der Waals surface area contributed by atoms with Crippen molar-refractivity contribution in [1.82, 2.24) is 9.13 Å². The lowest BCUT2D eigenvalue weighted by molar-refractivity contribution is -0.672. The molecule has 0 unspecified atom stereocenters. The Morgan fingerprint density at radius 3 is 1.36 bits per heavy atom. The standard InChI is InChI=1S/C24H24N6O2S/c1-27-13-14-28(2)23(27)21(31)25-17-5-9-19(10-6-17)33-20-11-7-18(8-12-20)26-22(32)24-29(3)15-16-30(24)4/h5-16H,1-4H3/p+2. The number of rotatable bonds is 6. The summed E-state index contributed by atoms with van der Waals surface area (Å²) in [5.74, 6) is 0.821. The van der Waals surface area contributed by atoms with E-state index in [1.54, 1.807) is 30.0 Å². The van der Waals surface area contributed by atoms with E-state index in [-0.39, 0.29) is 11.8 Å². The molecule has 168 valence electrons. The van der Waals surface area contributed by atoms with Gasteiger partial charge in [0, 0.05) is 21.2 Å². The van der Waals surface area contributed by atoms with Gasteiger partial charge in [-0.05, 0) is 48.5 Å². The average Bonchev–Trinajstić information content (AvgIpc) is 3.30. The van der Waals surface area contributed by atoms with E-state index < -0.39 is 0 Å². The zero-order valence-corrected chi connectivity index (χ0v) is 19.8. The van der Waals surface area contributed by atoms with Gasteiger partial charge in [-0.25, -0.2) is 18.3 Å². The monoisotopic (exact) mass is 462 g/mol. The molecule has 0 fully saturated rings. The van der Waals surface area contributed by atoms with Gasteiger partial charge in [0.05, 0.1) is 28.2 Å². The van der Waals surface area contributed by atoms with Crippen LogP contribution in [0.25, 0.3) is 0 Å². The summed E-state index contributed by atoms with van der Waals surface area (Å²) in [5.41, 5.74) is 1.47. The van der Waals surface area contributed by atoms with Crippen molar-refractivity contribution in [3.05, 3.63) is 85.0 Å². The van der Waals surface area contributed by atoms with Crippen molar-refractivity contribution in [2.24, 2.45) is 28.2 Å². The third-order valence-electron chi connectivity index (χ3n) is 5.23. The first-order chi connectivity index (χ1) is 15.8. The molecule has 2 N–H and O–H groups in total. The molecule has 0 aliphatic carbocycles. The summed E-state index contributed by atoms with van der Waals surface area (Å²) in [6.45, 7) is 0. The number of carbonyl (C=O) groups excluding carboxylic acids is 2. The zero-order valence-electron chi connectivity index (χ0n) is 18.9. The second kappa shape index (κ2) is 9.33. The fourth-order valence-electron chi connectivity index (χ4n) is 3.54. The highest BCUT2D eigenvalue weighted by atomic mass is 32.2. The van der Waals surface area contributed by atoms with Gasteiger partial charge in [-0.15, -0.1) is 0 Å². The molecule has 0 spiro atoms. The highest BCUT2D eigenvalue weighted by Crippen LogP contribution is 2.29. The van der Waals surface area contributed by atoms with Crippen molar-refractivity contribution in [2.45, 2.75) is 9.79 Å². The van der Waals surface area contributed by atoms with Crippen molar-refractivity contribution in [3.8, 4) is 0 Å². The quantitative estimate of drug-likeness (QED) is 0.433. The first kappa shape index (κ1) is 22.3. The fraction of sp³-hybridized carbons (Fsp3) is 0.167. The van der Waals surface area contributed by atoms with Gasteiger partial charge in [0.2, 0.25) is 0 Å². The van der Waals surface area contributed by atoms with Crippen LogP contribution in [-0.4, -0.2) is 20.9 Å². The Kier molecular flexibility index (Phi) is 6.32. The molecule has 0 aliphatic rings. The number of aryl methyl sites for hydroxylation is 4. The Hall–Kier alpha value is -3.85. The van der Waals surface area contributed by atoms with Crippen LogP contribution in [-0.2, 0) is 28.2 Å². The lowest BCUT2D eigenvalue weighted by Gasteiger charge is -2.07. The Morgan fingerprint density at radius 1 is 0.697 bits per heavy atom. The van der Waals surface area contributed by atoms with Gasteiger partial charge in [0.1, 0.15) is 24.8 Å². The number of carbonyl (C=O) groups is 2. The van der Waals surface area contributed by atoms with E-state index in [1.807, 2.05) is 102 Å². The summed E-state index contributed by atoms with van der Waals surface area (Å²) < 4.78 is 7.13. The van der Waals surface area contributed by atoms with Crippen LogP contribution in [0.3, 0.4) is 0 Å². The predicted octanol–water partition coefficient (Wildman–Crippen LogP) is 2.67. The van der Waals surface area contributed by atoms with Crippen LogP contribution < -0.4 is 19.8 Å². The van der Waals surface area contributed by atoms with Gasteiger partial charge < -0.3 is 10.6 Å². The smallest absolute Gasteiger partial charge is 0.315 e.